The zero-order valence-corrected chi connectivity index (χ0v) is 10.3. The highest BCUT2D eigenvalue weighted by molar-refractivity contribution is 7.84. The summed E-state index contributed by atoms with van der Waals surface area (Å²) in [5.41, 5.74) is 11.0. The summed E-state index contributed by atoms with van der Waals surface area (Å²) in [4.78, 5) is 10.9. The molecule has 1 aromatic rings. The lowest BCUT2D eigenvalue weighted by atomic mass is 10.1. The standard InChI is InChI=1S/C11H15FN2O2S/c1-7(13)5-17(16)6-9-4-8(11(14)15)2-3-10(9)12/h2-4,7H,5-6,13H2,1H3,(H2,14,15). The summed E-state index contributed by atoms with van der Waals surface area (Å²) in [5, 5.41) is 0. The lowest BCUT2D eigenvalue weighted by molar-refractivity contribution is 0.1000. The van der Waals surface area contributed by atoms with Crippen LogP contribution in [-0.4, -0.2) is 21.9 Å². The van der Waals surface area contributed by atoms with Crippen molar-refractivity contribution < 1.29 is 13.4 Å². The van der Waals surface area contributed by atoms with Crippen LogP contribution in [0.25, 0.3) is 0 Å². The SMILES string of the molecule is CC(N)CS(=O)Cc1cc(C(N)=O)ccc1F. The van der Waals surface area contributed by atoms with E-state index in [0.29, 0.717) is 5.75 Å². The summed E-state index contributed by atoms with van der Waals surface area (Å²) in [6.07, 6.45) is 0. The summed E-state index contributed by atoms with van der Waals surface area (Å²) in [6, 6.07) is 3.57. The summed E-state index contributed by atoms with van der Waals surface area (Å²) >= 11 is 0. The number of carbonyl (C=O) groups is 1. The molecule has 0 aliphatic carbocycles. The molecule has 0 radical (unpaired) electrons. The Hall–Kier alpha value is -1.27. The predicted octanol–water partition coefficient (Wildman–Crippen LogP) is 0.521. The molecule has 0 heterocycles. The van der Waals surface area contributed by atoms with E-state index in [4.69, 9.17) is 11.5 Å². The molecular weight excluding hydrogens is 243 g/mol. The minimum absolute atomic E-state index is 0.0362. The fourth-order valence-electron chi connectivity index (χ4n) is 1.36. The second-order valence-corrected chi connectivity index (χ2v) is 5.40. The van der Waals surface area contributed by atoms with Crippen LogP contribution in [0, 0.1) is 5.82 Å². The lowest BCUT2D eigenvalue weighted by Gasteiger charge is -2.07. The number of halogens is 1. The summed E-state index contributed by atoms with van der Waals surface area (Å²) in [6.45, 7) is 1.73. The first-order chi connectivity index (χ1) is 7.90. The molecule has 0 spiro atoms. The number of hydrogen-bond donors (Lipinski definition) is 2. The summed E-state index contributed by atoms with van der Waals surface area (Å²) in [7, 11) is -1.25. The normalized spacial score (nSPS) is 14.3. The number of carbonyl (C=O) groups excluding carboxylic acids is 1. The van der Waals surface area contributed by atoms with Crippen molar-refractivity contribution in [2.45, 2.75) is 18.7 Å². The van der Waals surface area contributed by atoms with Gasteiger partial charge in [-0.15, -0.1) is 0 Å². The second kappa shape index (κ2) is 5.88. The minimum Gasteiger partial charge on any atom is -0.366 e. The molecule has 4 nitrogen and oxygen atoms in total. The zero-order chi connectivity index (χ0) is 13.0. The van der Waals surface area contributed by atoms with Crippen LogP contribution in [0.4, 0.5) is 4.39 Å². The minimum atomic E-state index is -1.25. The van der Waals surface area contributed by atoms with Gasteiger partial charge in [-0.2, -0.15) is 0 Å². The molecule has 1 aromatic carbocycles. The van der Waals surface area contributed by atoms with Crippen molar-refractivity contribution >= 4 is 16.7 Å². The van der Waals surface area contributed by atoms with Crippen LogP contribution in [0.1, 0.15) is 22.8 Å². The van der Waals surface area contributed by atoms with Crippen molar-refractivity contribution in [3.05, 3.63) is 35.1 Å². The molecule has 0 aliphatic rings. The Bertz CT molecular complexity index is 449. The Kier molecular flexibility index (Phi) is 4.77. The molecule has 17 heavy (non-hydrogen) atoms. The molecule has 2 atom stereocenters. The third-order valence-corrected chi connectivity index (χ3v) is 3.63. The van der Waals surface area contributed by atoms with Crippen LogP contribution in [0.15, 0.2) is 18.2 Å². The summed E-state index contributed by atoms with van der Waals surface area (Å²) < 4.78 is 25.0. The Morgan fingerprint density at radius 1 is 1.53 bits per heavy atom. The van der Waals surface area contributed by atoms with Gasteiger partial charge in [0.2, 0.25) is 5.91 Å². The second-order valence-electron chi connectivity index (χ2n) is 3.90. The molecule has 0 aromatic heterocycles. The van der Waals surface area contributed by atoms with Crippen molar-refractivity contribution in [2.24, 2.45) is 11.5 Å². The van der Waals surface area contributed by atoms with Gasteiger partial charge in [-0.1, -0.05) is 0 Å². The monoisotopic (exact) mass is 258 g/mol. The van der Waals surface area contributed by atoms with Crippen LogP contribution in [0.5, 0.6) is 0 Å². The third kappa shape index (κ3) is 4.24. The Morgan fingerprint density at radius 3 is 2.71 bits per heavy atom. The maximum Gasteiger partial charge on any atom is 0.248 e. The molecule has 6 heteroatoms. The van der Waals surface area contributed by atoms with Gasteiger partial charge in [-0.05, 0) is 25.1 Å². The summed E-state index contributed by atoms with van der Waals surface area (Å²) in [5.74, 6) is -0.799. The largest absolute Gasteiger partial charge is 0.366 e. The van der Waals surface area contributed by atoms with Gasteiger partial charge in [0.05, 0.1) is 5.75 Å². The molecule has 1 rings (SSSR count). The van der Waals surface area contributed by atoms with E-state index < -0.39 is 22.5 Å². The fourth-order valence-corrected chi connectivity index (χ4v) is 2.64. The van der Waals surface area contributed by atoms with Crippen molar-refractivity contribution in [1.29, 1.82) is 0 Å². The number of rotatable bonds is 5. The number of primary amides is 1. The Morgan fingerprint density at radius 2 is 2.18 bits per heavy atom. The maximum absolute atomic E-state index is 13.4. The smallest absolute Gasteiger partial charge is 0.248 e. The van der Waals surface area contributed by atoms with Gasteiger partial charge >= 0.3 is 0 Å². The molecular formula is C11H15FN2O2S. The van der Waals surface area contributed by atoms with E-state index in [1.807, 2.05) is 0 Å². The van der Waals surface area contributed by atoms with Crippen LogP contribution >= 0.6 is 0 Å². The molecule has 1 amide bonds. The third-order valence-electron chi connectivity index (χ3n) is 2.10. The Balaban J connectivity index is 2.86. The van der Waals surface area contributed by atoms with E-state index in [9.17, 15) is 13.4 Å². The molecule has 2 unspecified atom stereocenters. The molecule has 94 valence electrons. The Labute approximate surface area is 102 Å². The van der Waals surface area contributed by atoms with E-state index in [2.05, 4.69) is 0 Å². The molecule has 0 fully saturated rings. The van der Waals surface area contributed by atoms with Crippen LogP contribution in [-0.2, 0) is 16.6 Å². The van der Waals surface area contributed by atoms with Gasteiger partial charge in [0, 0.05) is 33.7 Å². The number of amides is 1. The van der Waals surface area contributed by atoms with Gasteiger partial charge in [0.1, 0.15) is 5.82 Å². The van der Waals surface area contributed by atoms with E-state index in [1.165, 1.54) is 12.1 Å². The molecule has 4 N–H and O–H groups in total. The fraction of sp³-hybridized carbons (Fsp3) is 0.364. The van der Waals surface area contributed by atoms with Crippen LogP contribution < -0.4 is 11.5 Å². The first-order valence-corrected chi connectivity index (χ1v) is 6.57. The van der Waals surface area contributed by atoms with E-state index in [0.717, 1.165) is 6.07 Å². The van der Waals surface area contributed by atoms with Crippen LogP contribution in [0.2, 0.25) is 0 Å². The van der Waals surface area contributed by atoms with Gasteiger partial charge in [-0.3, -0.25) is 9.00 Å². The molecule has 0 saturated heterocycles. The zero-order valence-electron chi connectivity index (χ0n) is 9.48. The van der Waals surface area contributed by atoms with Crippen molar-refractivity contribution in [2.75, 3.05) is 5.75 Å². The number of hydrogen-bond acceptors (Lipinski definition) is 3. The maximum atomic E-state index is 13.4. The van der Waals surface area contributed by atoms with Gasteiger partial charge in [0.25, 0.3) is 0 Å². The van der Waals surface area contributed by atoms with Crippen molar-refractivity contribution in [3.63, 3.8) is 0 Å². The first kappa shape index (κ1) is 13.8. The predicted molar refractivity (Wildman–Crippen MR) is 65.3 cm³/mol. The van der Waals surface area contributed by atoms with E-state index in [-0.39, 0.29) is 22.9 Å². The quantitative estimate of drug-likeness (QED) is 0.807. The average Bonchev–Trinajstić information content (AvgIpc) is 2.19. The van der Waals surface area contributed by atoms with Gasteiger partial charge in [-0.25, -0.2) is 4.39 Å². The van der Waals surface area contributed by atoms with Crippen LogP contribution in [0.3, 0.4) is 0 Å². The van der Waals surface area contributed by atoms with E-state index in [1.54, 1.807) is 6.92 Å². The average molecular weight is 258 g/mol. The highest BCUT2D eigenvalue weighted by Crippen LogP contribution is 2.13. The molecule has 0 bridgehead atoms. The van der Waals surface area contributed by atoms with Crippen molar-refractivity contribution in [1.82, 2.24) is 0 Å². The molecule has 0 saturated carbocycles. The first-order valence-electron chi connectivity index (χ1n) is 5.09. The lowest BCUT2D eigenvalue weighted by Crippen LogP contribution is -2.23. The topological polar surface area (TPSA) is 86.2 Å². The van der Waals surface area contributed by atoms with E-state index >= 15 is 0 Å². The number of nitrogens with two attached hydrogens (primary N) is 2. The number of benzene rings is 1. The highest BCUT2D eigenvalue weighted by atomic mass is 32.2. The van der Waals surface area contributed by atoms with Gasteiger partial charge in [0.15, 0.2) is 0 Å². The van der Waals surface area contributed by atoms with Crippen molar-refractivity contribution in [3.8, 4) is 0 Å². The van der Waals surface area contributed by atoms with Gasteiger partial charge < -0.3 is 11.5 Å². The highest BCUT2D eigenvalue weighted by Gasteiger charge is 2.11. The molecule has 0 aliphatic heterocycles.